The van der Waals surface area contributed by atoms with Gasteiger partial charge in [-0.2, -0.15) is 0 Å². The van der Waals surface area contributed by atoms with Crippen LogP contribution in [0.15, 0.2) is 24.3 Å². The lowest BCUT2D eigenvalue weighted by Gasteiger charge is -2.17. The molecule has 1 saturated heterocycles. The highest BCUT2D eigenvalue weighted by Crippen LogP contribution is 2.27. The number of nitrogens with zero attached hydrogens (tertiary/aromatic N) is 1. The van der Waals surface area contributed by atoms with Crippen LogP contribution in [0, 0.1) is 12.8 Å². The molecule has 0 spiro atoms. The van der Waals surface area contributed by atoms with Crippen molar-refractivity contribution in [2.45, 2.75) is 26.7 Å². The van der Waals surface area contributed by atoms with Crippen molar-refractivity contribution in [1.82, 2.24) is 0 Å². The monoisotopic (exact) mass is 203 g/mol. The normalized spacial score (nSPS) is 21.1. The molecule has 0 saturated carbocycles. The molecule has 0 aromatic heterocycles. The number of hydrogen-bond acceptors (Lipinski definition) is 1. The molecule has 2 heteroatoms. The standard InChI is InChI=1S/C13H17NO/c1-3-11-7-8-14(13(11)15)12-6-4-5-10(2)9-12/h4-6,9,11H,3,7-8H2,1-2H3. The van der Waals surface area contributed by atoms with E-state index in [9.17, 15) is 4.79 Å². The second-order valence-corrected chi connectivity index (χ2v) is 4.22. The first-order valence-electron chi connectivity index (χ1n) is 5.60. The molecule has 1 unspecified atom stereocenters. The summed E-state index contributed by atoms with van der Waals surface area (Å²) in [6, 6.07) is 8.16. The van der Waals surface area contributed by atoms with Crippen LogP contribution in [0.25, 0.3) is 0 Å². The van der Waals surface area contributed by atoms with Crippen molar-refractivity contribution in [3.63, 3.8) is 0 Å². The number of rotatable bonds is 2. The Morgan fingerprint density at radius 2 is 2.27 bits per heavy atom. The van der Waals surface area contributed by atoms with Crippen molar-refractivity contribution in [2.75, 3.05) is 11.4 Å². The van der Waals surface area contributed by atoms with E-state index < -0.39 is 0 Å². The molecule has 1 aromatic carbocycles. The van der Waals surface area contributed by atoms with Gasteiger partial charge in [0.1, 0.15) is 0 Å². The highest BCUT2D eigenvalue weighted by molar-refractivity contribution is 5.97. The smallest absolute Gasteiger partial charge is 0.230 e. The fraction of sp³-hybridized carbons (Fsp3) is 0.462. The molecular formula is C13H17NO. The highest BCUT2D eigenvalue weighted by Gasteiger charge is 2.30. The first kappa shape index (κ1) is 10.2. The first-order valence-corrected chi connectivity index (χ1v) is 5.60. The molecule has 15 heavy (non-hydrogen) atoms. The first-order chi connectivity index (χ1) is 7.22. The van der Waals surface area contributed by atoms with Gasteiger partial charge in [0, 0.05) is 18.2 Å². The van der Waals surface area contributed by atoms with E-state index >= 15 is 0 Å². The minimum absolute atomic E-state index is 0.241. The van der Waals surface area contributed by atoms with Crippen molar-refractivity contribution in [3.05, 3.63) is 29.8 Å². The van der Waals surface area contributed by atoms with Crippen LogP contribution < -0.4 is 4.90 Å². The van der Waals surface area contributed by atoms with Crippen molar-refractivity contribution < 1.29 is 4.79 Å². The number of anilines is 1. The SMILES string of the molecule is CCC1CCN(c2cccc(C)c2)C1=O. The molecular weight excluding hydrogens is 186 g/mol. The van der Waals surface area contributed by atoms with Gasteiger partial charge in [0.05, 0.1) is 0 Å². The topological polar surface area (TPSA) is 20.3 Å². The zero-order valence-corrected chi connectivity index (χ0v) is 9.36. The zero-order valence-electron chi connectivity index (χ0n) is 9.36. The molecule has 2 rings (SSSR count). The number of amides is 1. The maximum atomic E-state index is 12.0. The third kappa shape index (κ3) is 1.89. The lowest BCUT2D eigenvalue weighted by molar-refractivity contribution is -0.120. The summed E-state index contributed by atoms with van der Waals surface area (Å²) >= 11 is 0. The number of benzene rings is 1. The number of hydrogen-bond donors (Lipinski definition) is 0. The van der Waals surface area contributed by atoms with Crippen LogP contribution in [0.2, 0.25) is 0 Å². The summed E-state index contributed by atoms with van der Waals surface area (Å²) < 4.78 is 0. The fourth-order valence-electron chi connectivity index (χ4n) is 2.17. The molecule has 0 N–H and O–H groups in total. The molecule has 0 radical (unpaired) electrons. The maximum Gasteiger partial charge on any atom is 0.230 e. The van der Waals surface area contributed by atoms with Gasteiger partial charge in [-0.25, -0.2) is 0 Å². The Balaban J connectivity index is 2.22. The van der Waals surface area contributed by atoms with Crippen molar-refractivity contribution in [3.8, 4) is 0 Å². The molecule has 1 aliphatic rings. The highest BCUT2D eigenvalue weighted by atomic mass is 16.2. The maximum absolute atomic E-state index is 12.0. The quantitative estimate of drug-likeness (QED) is 0.723. The van der Waals surface area contributed by atoms with Crippen LogP contribution >= 0.6 is 0 Å². The summed E-state index contributed by atoms with van der Waals surface area (Å²) in [6.07, 6.45) is 1.96. The van der Waals surface area contributed by atoms with Gasteiger partial charge < -0.3 is 4.90 Å². The Kier molecular flexibility index (Phi) is 2.76. The van der Waals surface area contributed by atoms with Gasteiger partial charge in [-0.15, -0.1) is 0 Å². The van der Waals surface area contributed by atoms with Crippen LogP contribution in [0.3, 0.4) is 0 Å². The van der Waals surface area contributed by atoms with E-state index in [0.717, 1.165) is 25.1 Å². The second kappa shape index (κ2) is 4.05. The Bertz CT molecular complexity index is 373. The molecule has 1 heterocycles. The van der Waals surface area contributed by atoms with Gasteiger partial charge in [-0.1, -0.05) is 19.1 Å². The zero-order chi connectivity index (χ0) is 10.8. The van der Waals surface area contributed by atoms with Gasteiger partial charge in [0.15, 0.2) is 0 Å². The molecule has 1 amide bonds. The Labute approximate surface area is 90.9 Å². The third-order valence-corrected chi connectivity index (χ3v) is 3.12. The Hall–Kier alpha value is -1.31. The summed E-state index contributed by atoms with van der Waals surface area (Å²) in [4.78, 5) is 13.9. The van der Waals surface area contributed by atoms with Crippen LogP contribution in [0.5, 0.6) is 0 Å². The average Bonchev–Trinajstić information content (AvgIpc) is 2.59. The average molecular weight is 203 g/mol. The lowest BCUT2D eigenvalue weighted by Crippen LogP contribution is -2.26. The third-order valence-electron chi connectivity index (χ3n) is 3.12. The van der Waals surface area contributed by atoms with E-state index in [0.29, 0.717) is 5.91 Å². The van der Waals surface area contributed by atoms with Crippen LogP contribution in [-0.2, 0) is 4.79 Å². The molecule has 1 aliphatic heterocycles. The van der Waals surface area contributed by atoms with Crippen molar-refractivity contribution in [2.24, 2.45) is 5.92 Å². The predicted molar refractivity (Wildman–Crippen MR) is 61.9 cm³/mol. The summed E-state index contributed by atoms with van der Waals surface area (Å²) in [5, 5.41) is 0. The lowest BCUT2D eigenvalue weighted by atomic mass is 10.1. The van der Waals surface area contributed by atoms with E-state index in [1.54, 1.807) is 0 Å². The largest absolute Gasteiger partial charge is 0.312 e. The number of carbonyl (C=O) groups is 1. The van der Waals surface area contributed by atoms with Crippen LogP contribution in [0.4, 0.5) is 5.69 Å². The van der Waals surface area contributed by atoms with Gasteiger partial charge >= 0.3 is 0 Å². The second-order valence-electron chi connectivity index (χ2n) is 4.22. The van der Waals surface area contributed by atoms with E-state index in [-0.39, 0.29) is 5.92 Å². The molecule has 80 valence electrons. The summed E-state index contributed by atoms with van der Waals surface area (Å²) in [5.74, 6) is 0.536. The molecule has 1 fully saturated rings. The van der Waals surface area contributed by atoms with Gasteiger partial charge in [0.2, 0.25) is 5.91 Å². The van der Waals surface area contributed by atoms with Crippen molar-refractivity contribution in [1.29, 1.82) is 0 Å². The minimum atomic E-state index is 0.241. The molecule has 1 atom stereocenters. The minimum Gasteiger partial charge on any atom is -0.312 e. The van der Waals surface area contributed by atoms with Crippen LogP contribution in [0.1, 0.15) is 25.3 Å². The van der Waals surface area contributed by atoms with Crippen molar-refractivity contribution >= 4 is 11.6 Å². The Morgan fingerprint density at radius 3 is 2.87 bits per heavy atom. The van der Waals surface area contributed by atoms with E-state index in [1.807, 2.05) is 17.0 Å². The Morgan fingerprint density at radius 1 is 1.47 bits per heavy atom. The molecule has 2 nitrogen and oxygen atoms in total. The number of aryl methyl sites for hydroxylation is 1. The van der Waals surface area contributed by atoms with Crippen LogP contribution in [-0.4, -0.2) is 12.5 Å². The van der Waals surface area contributed by atoms with E-state index in [2.05, 4.69) is 26.0 Å². The van der Waals surface area contributed by atoms with Gasteiger partial charge in [-0.3, -0.25) is 4.79 Å². The van der Waals surface area contributed by atoms with Gasteiger partial charge in [0.25, 0.3) is 0 Å². The summed E-state index contributed by atoms with van der Waals surface area (Å²) in [5.41, 5.74) is 2.26. The fourth-order valence-corrected chi connectivity index (χ4v) is 2.17. The summed E-state index contributed by atoms with van der Waals surface area (Å²) in [6.45, 7) is 5.02. The molecule has 0 aliphatic carbocycles. The summed E-state index contributed by atoms with van der Waals surface area (Å²) in [7, 11) is 0. The molecule has 0 bridgehead atoms. The number of carbonyl (C=O) groups excluding carboxylic acids is 1. The van der Waals surface area contributed by atoms with Gasteiger partial charge in [-0.05, 0) is 37.5 Å². The molecule has 1 aromatic rings. The van der Waals surface area contributed by atoms with E-state index in [4.69, 9.17) is 0 Å². The van der Waals surface area contributed by atoms with E-state index in [1.165, 1.54) is 5.56 Å². The predicted octanol–water partition coefficient (Wildman–Crippen LogP) is 2.76.